The maximum Gasteiger partial charge on any atom is 0.251 e. The summed E-state index contributed by atoms with van der Waals surface area (Å²) in [6.07, 6.45) is 0.00649. The lowest BCUT2D eigenvalue weighted by molar-refractivity contribution is -0.117. The number of halogens is 1. The Morgan fingerprint density at radius 2 is 1.88 bits per heavy atom. The summed E-state index contributed by atoms with van der Waals surface area (Å²) < 4.78 is 6.05. The molecule has 8 nitrogen and oxygen atoms in total. The first-order chi connectivity index (χ1) is 15.5. The van der Waals surface area contributed by atoms with Gasteiger partial charge in [-0.2, -0.15) is 0 Å². The quantitative estimate of drug-likeness (QED) is 0.272. The van der Waals surface area contributed by atoms with Crippen molar-refractivity contribution < 1.29 is 14.3 Å². The van der Waals surface area contributed by atoms with E-state index in [9.17, 15) is 9.59 Å². The average molecular weight is 565 g/mol. The van der Waals surface area contributed by atoms with Gasteiger partial charge in [0.1, 0.15) is 6.10 Å². The Balaban J connectivity index is 0.00000385. The van der Waals surface area contributed by atoms with Gasteiger partial charge in [0, 0.05) is 18.7 Å². The zero-order valence-corrected chi connectivity index (χ0v) is 21.4. The summed E-state index contributed by atoms with van der Waals surface area (Å²) >= 11 is 0. The van der Waals surface area contributed by atoms with Gasteiger partial charge in [-0.05, 0) is 42.7 Å². The van der Waals surface area contributed by atoms with Gasteiger partial charge in [0.25, 0.3) is 5.91 Å². The normalized spacial score (nSPS) is 16.0. The van der Waals surface area contributed by atoms with Crippen LogP contribution in [0.5, 0.6) is 0 Å². The van der Waals surface area contributed by atoms with E-state index in [4.69, 9.17) is 15.5 Å². The monoisotopic (exact) mass is 565 g/mol. The average Bonchev–Trinajstić information content (AvgIpc) is 2.81. The Kier molecular flexibility index (Phi) is 10.6. The van der Waals surface area contributed by atoms with Gasteiger partial charge < -0.3 is 26.0 Å². The van der Waals surface area contributed by atoms with Gasteiger partial charge in [-0.25, -0.2) is 4.99 Å². The molecule has 0 aliphatic carbocycles. The first kappa shape index (κ1) is 26.6. The van der Waals surface area contributed by atoms with Crippen molar-refractivity contribution >= 4 is 41.8 Å². The molecule has 1 aliphatic rings. The van der Waals surface area contributed by atoms with Crippen molar-refractivity contribution in [2.24, 2.45) is 10.7 Å². The molecule has 0 aromatic heterocycles. The van der Waals surface area contributed by atoms with Crippen LogP contribution in [-0.4, -0.2) is 55.5 Å². The molecule has 1 fully saturated rings. The van der Waals surface area contributed by atoms with Crippen LogP contribution in [0.15, 0.2) is 53.5 Å². The van der Waals surface area contributed by atoms with Gasteiger partial charge >= 0.3 is 0 Å². The third kappa shape index (κ3) is 7.71. The Hall–Kier alpha value is -2.66. The Morgan fingerprint density at radius 3 is 2.55 bits per heavy atom. The molecule has 2 amide bonds. The third-order valence-corrected chi connectivity index (χ3v) is 5.29. The number of aliphatic imine (C=N–C) groups is 1. The van der Waals surface area contributed by atoms with Gasteiger partial charge in [-0.3, -0.25) is 9.59 Å². The summed E-state index contributed by atoms with van der Waals surface area (Å²) in [4.78, 5) is 29.9. The van der Waals surface area contributed by atoms with E-state index in [1.807, 2.05) is 31.2 Å². The van der Waals surface area contributed by atoms with Gasteiger partial charge in [0.15, 0.2) is 5.96 Å². The van der Waals surface area contributed by atoms with Crippen LogP contribution in [0.2, 0.25) is 0 Å². The summed E-state index contributed by atoms with van der Waals surface area (Å²) in [5.74, 6) is -0.0616. The number of carbonyl (C=O) groups excluding carboxylic acids is 2. The van der Waals surface area contributed by atoms with E-state index in [-0.39, 0.29) is 42.5 Å². The molecule has 0 bridgehead atoms. The molecule has 9 heteroatoms. The summed E-state index contributed by atoms with van der Waals surface area (Å²) in [6, 6.07) is 15.5. The van der Waals surface area contributed by atoms with Crippen molar-refractivity contribution in [3.8, 4) is 0 Å². The molecule has 178 valence electrons. The lowest BCUT2D eigenvalue weighted by Crippen LogP contribution is -2.48. The predicted molar refractivity (Wildman–Crippen MR) is 140 cm³/mol. The number of nitrogens with two attached hydrogens (primary N) is 1. The fraction of sp³-hybridized carbons (Fsp3) is 0.375. The molecular weight excluding hydrogens is 533 g/mol. The summed E-state index contributed by atoms with van der Waals surface area (Å²) in [5.41, 5.74) is 8.94. The van der Waals surface area contributed by atoms with Gasteiger partial charge in [0.2, 0.25) is 5.91 Å². The Labute approximate surface area is 212 Å². The molecule has 2 aromatic carbocycles. The van der Waals surface area contributed by atoms with Crippen LogP contribution < -0.4 is 16.4 Å². The smallest absolute Gasteiger partial charge is 0.251 e. The molecule has 4 N–H and O–H groups in total. The number of hydrogen-bond acceptors (Lipinski definition) is 4. The van der Waals surface area contributed by atoms with Gasteiger partial charge in [0.05, 0.1) is 26.2 Å². The minimum absolute atomic E-state index is 0. The highest BCUT2D eigenvalue weighted by atomic mass is 127. The van der Waals surface area contributed by atoms with Gasteiger partial charge in [-0.15, -0.1) is 24.0 Å². The predicted octanol–water partition coefficient (Wildman–Crippen LogP) is 2.37. The Bertz CT molecular complexity index is 965. The zero-order valence-electron chi connectivity index (χ0n) is 19.0. The number of benzene rings is 2. The molecule has 1 heterocycles. The second kappa shape index (κ2) is 13.1. The minimum Gasteiger partial charge on any atom is -0.370 e. The molecule has 1 atom stereocenters. The fourth-order valence-corrected chi connectivity index (χ4v) is 3.60. The lowest BCUT2D eigenvalue weighted by Gasteiger charge is -2.35. The van der Waals surface area contributed by atoms with Crippen LogP contribution in [0.25, 0.3) is 0 Å². The SMILES string of the molecule is CCNC(=NCc1ccc(C(=O)NCC(N)=O)cc1)N1CCOC(c2ccccc2C)C1.I. The second-order valence-corrected chi connectivity index (χ2v) is 7.68. The summed E-state index contributed by atoms with van der Waals surface area (Å²) in [7, 11) is 0. The largest absolute Gasteiger partial charge is 0.370 e. The third-order valence-electron chi connectivity index (χ3n) is 5.29. The van der Waals surface area contributed by atoms with Crippen LogP contribution >= 0.6 is 24.0 Å². The number of morpholine rings is 1. The van der Waals surface area contributed by atoms with Crippen molar-refractivity contribution in [3.63, 3.8) is 0 Å². The van der Waals surface area contributed by atoms with Crippen LogP contribution in [0.3, 0.4) is 0 Å². The maximum atomic E-state index is 12.0. The first-order valence-electron chi connectivity index (χ1n) is 10.8. The number of nitrogens with one attached hydrogen (secondary N) is 2. The highest BCUT2D eigenvalue weighted by molar-refractivity contribution is 14.0. The molecule has 0 spiro atoms. The number of ether oxygens (including phenoxy) is 1. The number of nitrogens with zero attached hydrogens (tertiary/aromatic N) is 2. The van der Waals surface area contributed by atoms with Crippen LogP contribution in [0.1, 0.15) is 40.1 Å². The van der Waals surface area contributed by atoms with Crippen LogP contribution in [0, 0.1) is 6.92 Å². The molecule has 1 saturated heterocycles. The minimum atomic E-state index is -0.576. The summed E-state index contributed by atoms with van der Waals surface area (Å²) in [6.45, 7) is 7.37. The van der Waals surface area contributed by atoms with Gasteiger partial charge in [-0.1, -0.05) is 36.4 Å². The van der Waals surface area contributed by atoms with Crippen molar-refractivity contribution in [3.05, 3.63) is 70.8 Å². The standard InChI is InChI=1S/C24H31N5O3.HI/c1-3-26-24(29-12-13-32-21(16-29)20-7-5-4-6-17(20)2)28-14-18-8-10-19(11-9-18)23(31)27-15-22(25)30;/h4-11,21H,3,12-16H2,1-2H3,(H2,25,30)(H,26,28)(H,27,31);1H. The van der Waals surface area contributed by atoms with Crippen molar-refractivity contribution in [1.82, 2.24) is 15.5 Å². The van der Waals surface area contributed by atoms with E-state index in [1.54, 1.807) is 12.1 Å². The molecule has 3 rings (SSSR count). The number of rotatable bonds is 7. The second-order valence-electron chi connectivity index (χ2n) is 7.68. The van der Waals surface area contributed by atoms with Crippen molar-refractivity contribution in [2.45, 2.75) is 26.5 Å². The molecule has 2 aromatic rings. The fourth-order valence-electron chi connectivity index (χ4n) is 3.60. The molecule has 1 unspecified atom stereocenters. The summed E-state index contributed by atoms with van der Waals surface area (Å²) in [5, 5.41) is 5.86. The number of guanidine groups is 1. The highest BCUT2D eigenvalue weighted by Gasteiger charge is 2.25. The zero-order chi connectivity index (χ0) is 22.9. The lowest BCUT2D eigenvalue weighted by atomic mass is 10.0. The van der Waals surface area contributed by atoms with E-state index in [0.717, 1.165) is 31.2 Å². The molecular formula is C24H32IN5O3. The number of aryl methyl sites for hydroxylation is 1. The van der Waals surface area contributed by atoms with Crippen LogP contribution in [0.4, 0.5) is 0 Å². The van der Waals surface area contributed by atoms with E-state index < -0.39 is 5.91 Å². The Morgan fingerprint density at radius 1 is 1.15 bits per heavy atom. The topological polar surface area (TPSA) is 109 Å². The molecule has 0 radical (unpaired) electrons. The van der Waals surface area contributed by atoms with E-state index in [0.29, 0.717) is 18.7 Å². The van der Waals surface area contributed by atoms with Crippen molar-refractivity contribution in [2.75, 3.05) is 32.8 Å². The number of amides is 2. The highest BCUT2D eigenvalue weighted by Crippen LogP contribution is 2.25. The van der Waals surface area contributed by atoms with E-state index in [1.165, 1.54) is 11.1 Å². The molecule has 1 aliphatic heterocycles. The number of carbonyl (C=O) groups is 2. The van der Waals surface area contributed by atoms with Crippen LogP contribution in [-0.2, 0) is 16.1 Å². The first-order valence-corrected chi connectivity index (χ1v) is 10.8. The van der Waals surface area contributed by atoms with E-state index in [2.05, 4.69) is 34.6 Å². The van der Waals surface area contributed by atoms with Crippen molar-refractivity contribution in [1.29, 1.82) is 0 Å². The molecule has 0 saturated carbocycles. The number of hydrogen-bond donors (Lipinski definition) is 3. The van der Waals surface area contributed by atoms with E-state index >= 15 is 0 Å². The maximum absolute atomic E-state index is 12.0. The number of primary amides is 1. The molecule has 33 heavy (non-hydrogen) atoms.